The van der Waals surface area contributed by atoms with Crippen LogP contribution < -0.4 is 30.8 Å². The Labute approximate surface area is 266 Å². The van der Waals surface area contributed by atoms with Crippen LogP contribution in [0.5, 0.6) is 23.0 Å². The molecule has 0 saturated carbocycles. The molecule has 12 nitrogen and oxygen atoms in total. The van der Waals surface area contributed by atoms with Gasteiger partial charge in [0.15, 0.2) is 23.1 Å². The topological polar surface area (TPSA) is 141 Å². The standard InChI is InChI=1S/C33H30F2N6O6/c1-45-28-18-23-25(19-29(28)46-16-4-15-40-13-2-3-14-40)36-12-11-26(23)47-27-10-7-21(17-24(27)35)37-31(42)30-32(43)38-33(44)41(39-30)22-8-5-20(34)6-9-22/h5-12,17-19H,2-4,13-16H2,1H3,(H,37,42)(H,38,43,44). The molecule has 6 rings (SSSR count). The number of nitrogens with one attached hydrogen (secondary N) is 2. The van der Waals surface area contributed by atoms with E-state index in [0.29, 0.717) is 34.8 Å². The molecule has 3 aromatic carbocycles. The quantitative estimate of drug-likeness (QED) is 0.196. The van der Waals surface area contributed by atoms with Gasteiger partial charge >= 0.3 is 5.69 Å². The number of benzene rings is 3. The summed E-state index contributed by atoms with van der Waals surface area (Å²) in [4.78, 5) is 46.3. The molecule has 0 aliphatic carbocycles. The first-order valence-electron chi connectivity index (χ1n) is 14.9. The number of likely N-dealkylation sites (tertiary alicyclic amines) is 1. The van der Waals surface area contributed by atoms with Crippen LogP contribution >= 0.6 is 0 Å². The Balaban J connectivity index is 1.17. The lowest BCUT2D eigenvalue weighted by molar-refractivity contribution is 0.101. The molecule has 1 amide bonds. The van der Waals surface area contributed by atoms with E-state index >= 15 is 4.39 Å². The zero-order chi connectivity index (χ0) is 32.9. The van der Waals surface area contributed by atoms with Crippen molar-refractivity contribution in [3.8, 4) is 28.7 Å². The Bertz CT molecular complexity index is 2040. The van der Waals surface area contributed by atoms with Crippen molar-refractivity contribution in [2.45, 2.75) is 19.3 Å². The van der Waals surface area contributed by atoms with Crippen molar-refractivity contribution in [3.63, 3.8) is 0 Å². The summed E-state index contributed by atoms with van der Waals surface area (Å²) >= 11 is 0. The number of anilines is 1. The Morgan fingerprint density at radius 3 is 2.49 bits per heavy atom. The first kappa shape index (κ1) is 31.4. The van der Waals surface area contributed by atoms with E-state index in [1.165, 1.54) is 50.4 Å². The molecule has 0 spiro atoms. The van der Waals surface area contributed by atoms with E-state index in [2.05, 4.69) is 20.3 Å². The second-order valence-electron chi connectivity index (χ2n) is 10.8. The number of ether oxygens (including phenoxy) is 3. The van der Waals surface area contributed by atoms with Crippen LogP contribution in [-0.2, 0) is 0 Å². The molecule has 1 fully saturated rings. The minimum absolute atomic E-state index is 0.00615. The van der Waals surface area contributed by atoms with Gasteiger partial charge in [0, 0.05) is 35.9 Å². The molecular formula is C33H30F2N6O6. The first-order chi connectivity index (χ1) is 22.8. The number of carbonyl (C=O) groups is 1. The summed E-state index contributed by atoms with van der Waals surface area (Å²) in [5.41, 5.74) is -1.98. The van der Waals surface area contributed by atoms with Crippen LogP contribution in [0, 0.1) is 11.6 Å². The highest BCUT2D eigenvalue weighted by Gasteiger charge is 2.19. The fourth-order valence-corrected chi connectivity index (χ4v) is 5.24. The third kappa shape index (κ3) is 7.12. The van der Waals surface area contributed by atoms with Gasteiger partial charge in [-0.05, 0) is 80.9 Å². The van der Waals surface area contributed by atoms with E-state index in [4.69, 9.17) is 14.2 Å². The van der Waals surface area contributed by atoms with Gasteiger partial charge in [-0.15, -0.1) is 0 Å². The second kappa shape index (κ2) is 13.8. The monoisotopic (exact) mass is 644 g/mol. The number of hydrogen-bond acceptors (Lipinski definition) is 9. The van der Waals surface area contributed by atoms with Gasteiger partial charge in [0.2, 0.25) is 5.69 Å². The highest BCUT2D eigenvalue weighted by molar-refractivity contribution is 6.02. The van der Waals surface area contributed by atoms with Gasteiger partial charge in [-0.2, -0.15) is 9.78 Å². The molecule has 14 heteroatoms. The molecule has 1 aliphatic rings. The maximum Gasteiger partial charge on any atom is 0.349 e. The second-order valence-corrected chi connectivity index (χ2v) is 10.8. The van der Waals surface area contributed by atoms with E-state index in [-0.39, 0.29) is 17.1 Å². The van der Waals surface area contributed by atoms with Crippen molar-refractivity contribution in [1.29, 1.82) is 0 Å². The number of aromatic amines is 1. The van der Waals surface area contributed by atoms with Crippen LogP contribution in [0.2, 0.25) is 0 Å². The number of H-pyrrole nitrogens is 1. The van der Waals surface area contributed by atoms with Crippen LogP contribution in [0.1, 0.15) is 29.8 Å². The van der Waals surface area contributed by atoms with Crippen molar-refractivity contribution in [2.24, 2.45) is 0 Å². The summed E-state index contributed by atoms with van der Waals surface area (Å²) in [6.45, 7) is 3.74. The number of pyridine rings is 1. The Morgan fingerprint density at radius 2 is 1.74 bits per heavy atom. The van der Waals surface area contributed by atoms with Gasteiger partial charge in [0.1, 0.15) is 11.6 Å². The van der Waals surface area contributed by atoms with E-state index < -0.39 is 34.5 Å². The summed E-state index contributed by atoms with van der Waals surface area (Å²) in [7, 11) is 1.53. The van der Waals surface area contributed by atoms with Crippen molar-refractivity contribution in [3.05, 3.63) is 105 Å². The predicted octanol–water partition coefficient (Wildman–Crippen LogP) is 4.67. The number of fused-ring (bicyclic) bond motifs is 1. The zero-order valence-electron chi connectivity index (χ0n) is 25.3. The Hall–Kier alpha value is -5.63. The maximum atomic E-state index is 15.2. The van der Waals surface area contributed by atoms with Gasteiger partial charge in [-0.1, -0.05) is 0 Å². The van der Waals surface area contributed by atoms with Crippen molar-refractivity contribution >= 4 is 22.5 Å². The Morgan fingerprint density at radius 1 is 0.957 bits per heavy atom. The molecule has 2 aromatic heterocycles. The molecule has 0 bridgehead atoms. The van der Waals surface area contributed by atoms with Crippen molar-refractivity contribution < 1.29 is 27.8 Å². The molecule has 47 heavy (non-hydrogen) atoms. The maximum absolute atomic E-state index is 15.2. The number of aromatic nitrogens is 4. The number of amides is 1. The van der Waals surface area contributed by atoms with E-state index in [0.717, 1.165) is 48.9 Å². The highest BCUT2D eigenvalue weighted by Crippen LogP contribution is 2.38. The minimum atomic E-state index is -1.05. The van der Waals surface area contributed by atoms with E-state index in [1.807, 2.05) is 4.98 Å². The highest BCUT2D eigenvalue weighted by atomic mass is 19.1. The van der Waals surface area contributed by atoms with E-state index in [1.54, 1.807) is 18.2 Å². The molecule has 3 heterocycles. The number of halogens is 2. The smallest absolute Gasteiger partial charge is 0.349 e. The van der Waals surface area contributed by atoms with E-state index in [9.17, 15) is 18.8 Å². The first-order valence-corrected chi connectivity index (χ1v) is 14.9. The predicted molar refractivity (Wildman–Crippen MR) is 169 cm³/mol. The number of carbonyl (C=O) groups excluding carboxylic acids is 1. The molecule has 2 N–H and O–H groups in total. The SMILES string of the molecule is COc1cc2c(Oc3ccc(NC(=O)c4nn(-c5ccc(F)cc5)c(=O)[nH]c4=O)cc3F)ccnc2cc1OCCCN1CCCC1. The minimum Gasteiger partial charge on any atom is -0.493 e. The van der Waals surface area contributed by atoms with Crippen LogP contribution in [0.4, 0.5) is 14.5 Å². The van der Waals surface area contributed by atoms with Gasteiger partial charge in [0.05, 0.1) is 24.9 Å². The fraction of sp³-hybridized carbons (Fsp3) is 0.242. The number of nitrogens with zero attached hydrogens (tertiary/aromatic N) is 4. The third-order valence-electron chi connectivity index (χ3n) is 7.59. The van der Waals surface area contributed by atoms with Gasteiger partial charge < -0.3 is 24.4 Å². The molecule has 242 valence electrons. The average Bonchev–Trinajstić information content (AvgIpc) is 3.58. The normalized spacial score (nSPS) is 13.1. The largest absolute Gasteiger partial charge is 0.493 e. The number of methoxy groups -OCH3 is 1. The zero-order valence-corrected chi connectivity index (χ0v) is 25.3. The van der Waals surface area contributed by atoms with Crippen LogP contribution in [0.25, 0.3) is 16.6 Å². The van der Waals surface area contributed by atoms with Crippen LogP contribution in [0.3, 0.4) is 0 Å². The summed E-state index contributed by atoms with van der Waals surface area (Å²) in [6.07, 6.45) is 4.88. The van der Waals surface area contributed by atoms with Crippen LogP contribution in [-0.4, -0.2) is 63.9 Å². The fourth-order valence-electron chi connectivity index (χ4n) is 5.24. The lowest BCUT2D eigenvalue weighted by Crippen LogP contribution is -2.37. The molecule has 0 radical (unpaired) electrons. The number of rotatable bonds is 11. The molecule has 1 aliphatic heterocycles. The van der Waals surface area contributed by atoms with Gasteiger partial charge in [-0.3, -0.25) is 19.6 Å². The molecule has 0 unspecified atom stereocenters. The summed E-state index contributed by atoms with van der Waals surface area (Å²) in [6, 6.07) is 13.4. The van der Waals surface area contributed by atoms with Crippen molar-refractivity contribution in [2.75, 3.05) is 38.7 Å². The van der Waals surface area contributed by atoms with Gasteiger partial charge in [-0.25, -0.2) is 13.6 Å². The third-order valence-corrected chi connectivity index (χ3v) is 7.59. The summed E-state index contributed by atoms with van der Waals surface area (Å²) in [5, 5.41) is 6.78. The van der Waals surface area contributed by atoms with Crippen molar-refractivity contribution in [1.82, 2.24) is 24.6 Å². The lowest BCUT2D eigenvalue weighted by Gasteiger charge is -2.16. The average molecular weight is 645 g/mol. The molecule has 0 atom stereocenters. The number of hydrogen-bond donors (Lipinski definition) is 2. The Kier molecular flexibility index (Phi) is 9.20. The lowest BCUT2D eigenvalue weighted by atomic mass is 10.1. The summed E-state index contributed by atoms with van der Waals surface area (Å²) < 4.78 is 46.8. The molecule has 5 aromatic rings. The van der Waals surface area contributed by atoms with Crippen LogP contribution in [0.15, 0.2) is 76.4 Å². The summed E-state index contributed by atoms with van der Waals surface area (Å²) in [5.74, 6) is -1.18. The molecular weight excluding hydrogens is 614 g/mol. The molecule has 1 saturated heterocycles. The van der Waals surface area contributed by atoms with Gasteiger partial charge in [0.25, 0.3) is 11.5 Å².